The molecule has 0 fully saturated rings. The van der Waals surface area contributed by atoms with Crippen LogP contribution in [0.5, 0.6) is 0 Å². The first-order valence-corrected chi connectivity index (χ1v) is 5.49. The van der Waals surface area contributed by atoms with Gasteiger partial charge in [-0.3, -0.25) is 0 Å². The highest BCUT2D eigenvalue weighted by Crippen LogP contribution is 2.20. The molecule has 0 saturated heterocycles. The molecule has 1 heterocycles. The van der Waals surface area contributed by atoms with Crippen LogP contribution in [0.15, 0.2) is 28.8 Å². The van der Waals surface area contributed by atoms with Crippen LogP contribution in [-0.2, 0) is 4.74 Å². The number of hydrogen-bond donors (Lipinski definition) is 1. The summed E-state index contributed by atoms with van der Waals surface area (Å²) in [6.45, 7) is 1.80. The molecule has 7 heteroatoms. The van der Waals surface area contributed by atoms with E-state index in [1.807, 2.05) is 0 Å². The van der Waals surface area contributed by atoms with Gasteiger partial charge in [0.25, 0.3) is 0 Å². The zero-order chi connectivity index (χ0) is 13.1. The maximum absolute atomic E-state index is 13.1. The van der Waals surface area contributed by atoms with E-state index >= 15 is 0 Å². The van der Waals surface area contributed by atoms with Crippen molar-refractivity contribution in [3.63, 3.8) is 0 Å². The molecule has 0 saturated carbocycles. The first kappa shape index (κ1) is 15.6. The van der Waals surface area contributed by atoms with E-state index in [-0.39, 0.29) is 30.2 Å². The molecule has 1 aromatic heterocycles. The number of benzene rings is 1. The standard InChI is InChI=1S/C12H14FN3O2.ClH/c1-7(17-2)10(14)12-15-11(16-18-12)8-4-3-5-9(13)6-8;/h3-7,10H,14H2,1-2H3;1H/t7-,10+;/m1./s1. The third-order valence-electron chi connectivity index (χ3n) is 2.69. The number of nitrogens with zero attached hydrogens (tertiary/aromatic N) is 2. The molecule has 2 N–H and O–H groups in total. The van der Waals surface area contributed by atoms with E-state index in [1.54, 1.807) is 26.2 Å². The Labute approximate surface area is 116 Å². The Kier molecular flexibility index (Phi) is 5.41. The van der Waals surface area contributed by atoms with Gasteiger partial charge in [0.2, 0.25) is 11.7 Å². The van der Waals surface area contributed by atoms with Gasteiger partial charge in [0.1, 0.15) is 11.9 Å². The lowest BCUT2D eigenvalue weighted by molar-refractivity contribution is 0.0848. The van der Waals surface area contributed by atoms with Crippen molar-refractivity contribution in [3.8, 4) is 11.4 Å². The monoisotopic (exact) mass is 287 g/mol. The van der Waals surface area contributed by atoms with Crippen molar-refractivity contribution in [2.75, 3.05) is 7.11 Å². The summed E-state index contributed by atoms with van der Waals surface area (Å²) in [4.78, 5) is 4.14. The molecule has 0 aliphatic rings. The van der Waals surface area contributed by atoms with Gasteiger partial charge in [-0.25, -0.2) is 4.39 Å². The smallest absolute Gasteiger partial charge is 0.246 e. The minimum atomic E-state index is -0.509. The van der Waals surface area contributed by atoms with Gasteiger partial charge in [-0.1, -0.05) is 17.3 Å². The molecule has 0 aliphatic carbocycles. The lowest BCUT2D eigenvalue weighted by atomic mass is 10.2. The molecule has 1 aromatic carbocycles. The second-order valence-electron chi connectivity index (χ2n) is 3.93. The van der Waals surface area contributed by atoms with Crippen LogP contribution in [0.4, 0.5) is 4.39 Å². The van der Waals surface area contributed by atoms with Crippen LogP contribution >= 0.6 is 12.4 Å². The Morgan fingerprint density at radius 1 is 1.42 bits per heavy atom. The number of hydrogen-bond acceptors (Lipinski definition) is 5. The second-order valence-corrected chi connectivity index (χ2v) is 3.93. The van der Waals surface area contributed by atoms with E-state index in [1.165, 1.54) is 12.1 Å². The summed E-state index contributed by atoms with van der Waals surface area (Å²) in [6.07, 6.45) is -0.245. The van der Waals surface area contributed by atoms with Crippen molar-refractivity contribution >= 4 is 12.4 Å². The highest BCUT2D eigenvalue weighted by molar-refractivity contribution is 5.85. The third kappa shape index (κ3) is 3.50. The fraction of sp³-hybridized carbons (Fsp3) is 0.333. The number of methoxy groups -OCH3 is 1. The molecule has 0 aliphatic heterocycles. The van der Waals surface area contributed by atoms with Gasteiger partial charge < -0.3 is 15.0 Å². The molecule has 19 heavy (non-hydrogen) atoms. The van der Waals surface area contributed by atoms with Gasteiger partial charge in [0.15, 0.2) is 0 Å². The molecule has 104 valence electrons. The van der Waals surface area contributed by atoms with Gasteiger partial charge in [-0.05, 0) is 19.1 Å². The Balaban J connectivity index is 0.00000180. The van der Waals surface area contributed by atoms with Crippen molar-refractivity contribution in [3.05, 3.63) is 36.0 Å². The van der Waals surface area contributed by atoms with E-state index in [4.69, 9.17) is 15.0 Å². The molecule has 0 amide bonds. The fourth-order valence-electron chi connectivity index (χ4n) is 1.46. The summed E-state index contributed by atoms with van der Waals surface area (Å²) in [5, 5.41) is 3.78. The van der Waals surface area contributed by atoms with Gasteiger partial charge in [-0.2, -0.15) is 4.98 Å². The number of rotatable bonds is 4. The fourth-order valence-corrected chi connectivity index (χ4v) is 1.46. The lowest BCUT2D eigenvalue weighted by Gasteiger charge is -2.13. The summed E-state index contributed by atoms with van der Waals surface area (Å²) in [5.41, 5.74) is 6.42. The van der Waals surface area contributed by atoms with Crippen LogP contribution in [0.2, 0.25) is 0 Å². The quantitative estimate of drug-likeness (QED) is 0.934. The summed E-state index contributed by atoms with van der Waals surface area (Å²) in [5.74, 6) is 0.222. The normalized spacial score (nSPS) is 13.7. The number of ether oxygens (including phenoxy) is 1. The Morgan fingerprint density at radius 3 is 2.79 bits per heavy atom. The molecular formula is C12H15ClFN3O2. The van der Waals surface area contributed by atoms with Crippen molar-refractivity contribution in [2.45, 2.75) is 19.1 Å². The Bertz CT molecular complexity index is 535. The topological polar surface area (TPSA) is 74.2 Å². The van der Waals surface area contributed by atoms with Crippen LogP contribution in [0.3, 0.4) is 0 Å². The largest absolute Gasteiger partial charge is 0.380 e. The van der Waals surface area contributed by atoms with Crippen molar-refractivity contribution in [1.29, 1.82) is 0 Å². The third-order valence-corrected chi connectivity index (χ3v) is 2.69. The second kappa shape index (κ2) is 6.60. The zero-order valence-corrected chi connectivity index (χ0v) is 11.4. The molecule has 2 rings (SSSR count). The molecule has 0 radical (unpaired) electrons. The lowest BCUT2D eigenvalue weighted by Crippen LogP contribution is -2.25. The van der Waals surface area contributed by atoms with Crippen LogP contribution in [0, 0.1) is 5.82 Å². The molecule has 0 bridgehead atoms. The number of nitrogens with two attached hydrogens (primary N) is 1. The first-order chi connectivity index (χ1) is 8.61. The molecule has 0 spiro atoms. The predicted molar refractivity (Wildman–Crippen MR) is 70.3 cm³/mol. The van der Waals surface area contributed by atoms with Crippen LogP contribution in [-0.4, -0.2) is 23.4 Å². The van der Waals surface area contributed by atoms with Crippen molar-refractivity contribution in [1.82, 2.24) is 10.1 Å². The van der Waals surface area contributed by atoms with Crippen molar-refractivity contribution in [2.24, 2.45) is 5.73 Å². The van der Waals surface area contributed by atoms with E-state index in [2.05, 4.69) is 10.1 Å². The van der Waals surface area contributed by atoms with Crippen molar-refractivity contribution < 1.29 is 13.7 Å². The maximum Gasteiger partial charge on any atom is 0.246 e. The van der Waals surface area contributed by atoms with Gasteiger partial charge >= 0.3 is 0 Å². The minimum absolute atomic E-state index is 0. The minimum Gasteiger partial charge on any atom is -0.380 e. The average molecular weight is 288 g/mol. The summed E-state index contributed by atoms with van der Waals surface area (Å²) >= 11 is 0. The van der Waals surface area contributed by atoms with E-state index < -0.39 is 6.04 Å². The molecule has 0 unspecified atom stereocenters. The number of halogens is 2. The zero-order valence-electron chi connectivity index (χ0n) is 10.5. The van der Waals surface area contributed by atoms with Gasteiger partial charge in [-0.15, -0.1) is 12.4 Å². The van der Waals surface area contributed by atoms with Crippen LogP contribution < -0.4 is 5.73 Å². The first-order valence-electron chi connectivity index (χ1n) is 5.49. The van der Waals surface area contributed by atoms with E-state index in [0.29, 0.717) is 11.4 Å². The van der Waals surface area contributed by atoms with E-state index in [9.17, 15) is 4.39 Å². The Hall–Kier alpha value is -1.50. The van der Waals surface area contributed by atoms with Gasteiger partial charge in [0.05, 0.1) is 6.10 Å². The highest BCUT2D eigenvalue weighted by atomic mass is 35.5. The molecule has 5 nitrogen and oxygen atoms in total. The molecule has 2 atom stereocenters. The van der Waals surface area contributed by atoms with Crippen LogP contribution in [0.25, 0.3) is 11.4 Å². The average Bonchev–Trinajstić information content (AvgIpc) is 2.86. The van der Waals surface area contributed by atoms with Gasteiger partial charge in [0, 0.05) is 12.7 Å². The summed E-state index contributed by atoms with van der Waals surface area (Å²) in [6, 6.07) is 5.45. The summed E-state index contributed by atoms with van der Waals surface area (Å²) in [7, 11) is 1.55. The number of aromatic nitrogens is 2. The molecular weight excluding hydrogens is 273 g/mol. The Morgan fingerprint density at radius 2 is 2.16 bits per heavy atom. The highest BCUT2D eigenvalue weighted by Gasteiger charge is 2.21. The predicted octanol–water partition coefficient (Wildman–Crippen LogP) is 2.33. The van der Waals surface area contributed by atoms with Crippen LogP contribution in [0.1, 0.15) is 18.9 Å². The maximum atomic E-state index is 13.1. The van der Waals surface area contributed by atoms with E-state index in [0.717, 1.165) is 0 Å². The summed E-state index contributed by atoms with van der Waals surface area (Å²) < 4.78 is 23.2. The molecule has 2 aromatic rings. The SMILES string of the molecule is CO[C@H](C)[C@H](N)c1nc(-c2cccc(F)c2)no1.Cl.